The molecule has 2 unspecified atom stereocenters. The van der Waals surface area contributed by atoms with Gasteiger partial charge < -0.3 is 24.8 Å². The molecule has 0 aliphatic heterocycles. The largest absolute Gasteiger partial charge is 0.480 e. The number of nitrogens with one attached hydrogen (secondary N) is 1. The highest BCUT2D eigenvalue weighted by Gasteiger charge is 2.32. The first-order valence-corrected chi connectivity index (χ1v) is 11.5. The lowest BCUT2D eigenvalue weighted by Crippen LogP contribution is -2.52. The van der Waals surface area contributed by atoms with Crippen LogP contribution in [0.2, 0.25) is 0 Å². The van der Waals surface area contributed by atoms with Crippen molar-refractivity contribution in [1.82, 2.24) is 10.2 Å². The normalized spacial score (nSPS) is 14.0. The first kappa shape index (κ1) is 25.2. The topological polar surface area (TPSA) is 105 Å². The highest BCUT2D eigenvalue weighted by atomic mass is 16.5. The first-order chi connectivity index (χ1) is 16.4. The Balaban J connectivity index is 1.69. The van der Waals surface area contributed by atoms with E-state index in [1.807, 2.05) is 36.4 Å². The molecule has 34 heavy (non-hydrogen) atoms. The molecule has 0 bridgehead atoms. The van der Waals surface area contributed by atoms with Crippen molar-refractivity contribution >= 4 is 18.0 Å². The highest BCUT2D eigenvalue weighted by Crippen LogP contribution is 2.44. The Morgan fingerprint density at radius 1 is 1.06 bits per heavy atom. The second-order valence-corrected chi connectivity index (χ2v) is 8.37. The van der Waals surface area contributed by atoms with Crippen molar-refractivity contribution in [2.75, 3.05) is 27.4 Å². The molecular weight excluding hydrogens is 436 g/mol. The number of ether oxygens (including phenoxy) is 2. The predicted molar refractivity (Wildman–Crippen MR) is 128 cm³/mol. The summed E-state index contributed by atoms with van der Waals surface area (Å²) in [6, 6.07) is 14.2. The van der Waals surface area contributed by atoms with Crippen molar-refractivity contribution < 1.29 is 29.0 Å². The molecule has 8 heteroatoms. The summed E-state index contributed by atoms with van der Waals surface area (Å²) in [5.74, 6) is -1.66. The minimum absolute atomic E-state index is 0.0973. The van der Waals surface area contributed by atoms with Gasteiger partial charge in [0.25, 0.3) is 0 Å². The van der Waals surface area contributed by atoms with Gasteiger partial charge in [-0.1, -0.05) is 55.5 Å². The maximum absolute atomic E-state index is 13.0. The number of fused-ring (bicyclic) bond motifs is 3. The van der Waals surface area contributed by atoms with Crippen LogP contribution in [0.15, 0.2) is 48.5 Å². The third-order valence-corrected chi connectivity index (χ3v) is 6.26. The van der Waals surface area contributed by atoms with Crippen LogP contribution >= 0.6 is 0 Å². The lowest BCUT2D eigenvalue weighted by molar-refractivity contribution is -0.150. The minimum atomic E-state index is -1.09. The number of amides is 2. The number of hydrogen-bond donors (Lipinski definition) is 2. The van der Waals surface area contributed by atoms with Crippen LogP contribution in [0, 0.1) is 0 Å². The van der Waals surface area contributed by atoms with E-state index in [4.69, 9.17) is 9.47 Å². The van der Waals surface area contributed by atoms with Crippen molar-refractivity contribution in [3.05, 3.63) is 59.7 Å². The second-order valence-electron chi connectivity index (χ2n) is 8.37. The Kier molecular flexibility index (Phi) is 8.65. The Labute approximate surface area is 199 Å². The average Bonchev–Trinajstić information content (AvgIpc) is 3.15. The molecule has 2 aromatic carbocycles. The highest BCUT2D eigenvalue weighted by molar-refractivity contribution is 5.89. The lowest BCUT2D eigenvalue weighted by atomic mass is 9.98. The number of hydrogen-bond acceptors (Lipinski definition) is 5. The quantitative estimate of drug-likeness (QED) is 0.488. The zero-order valence-corrected chi connectivity index (χ0v) is 19.8. The molecule has 0 heterocycles. The molecule has 0 fully saturated rings. The van der Waals surface area contributed by atoms with Crippen LogP contribution in [0.5, 0.6) is 0 Å². The summed E-state index contributed by atoms with van der Waals surface area (Å²) >= 11 is 0. The van der Waals surface area contributed by atoms with Gasteiger partial charge in [0.2, 0.25) is 5.91 Å². The Morgan fingerprint density at radius 2 is 1.65 bits per heavy atom. The van der Waals surface area contributed by atoms with Crippen LogP contribution in [0.25, 0.3) is 11.1 Å². The summed E-state index contributed by atoms with van der Waals surface area (Å²) in [5.41, 5.74) is 4.44. The molecule has 0 spiro atoms. The molecule has 8 nitrogen and oxygen atoms in total. The minimum Gasteiger partial charge on any atom is -0.480 e. The van der Waals surface area contributed by atoms with Crippen molar-refractivity contribution in [2.24, 2.45) is 0 Å². The maximum atomic E-state index is 13.0. The van der Waals surface area contributed by atoms with Gasteiger partial charge >= 0.3 is 12.1 Å². The Morgan fingerprint density at radius 3 is 2.18 bits per heavy atom. The third-order valence-electron chi connectivity index (χ3n) is 6.26. The summed E-state index contributed by atoms with van der Waals surface area (Å²) in [6.07, 6.45) is 0.369. The van der Waals surface area contributed by atoms with Gasteiger partial charge in [0.15, 0.2) is 0 Å². The summed E-state index contributed by atoms with van der Waals surface area (Å²) in [4.78, 5) is 38.4. The molecule has 0 radical (unpaired) electrons. The Bertz CT molecular complexity index is 978. The fourth-order valence-electron chi connectivity index (χ4n) is 4.49. The molecule has 2 N–H and O–H groups in total. The van der Waals surface area contributed by atoms with Gasteiger partial charge in [-0.25, -0.2) is 9.59 Å². The van der Waals surface area contributed by atoms with E-state index in [1.165, 1.54) is 11.9 Å². The number of carboxylic acids is 1. The molecule has 2 aromatic rings. The average molecular weight is 469 g/mol. The Hall–Kier alpha value is -3.39. The number of aliphatic carboxylic acids is 1. The van der Waals surface area contributed by atoms with E-state index in [-0.39, 0.29) is 18.9 Å². The number of likely N-dealkylation sites (N-methyl/N-ethyl adjacent to an activating group) is 1. The number of carbonyl (C=O) groups excluding carboxylic acids is 2. The zero-order valence-electron chi connectivity index (χ0n) is 19.8. The van der Waals surface area contributed by atoms with Gasteiger partial charge in [0, 0.05) is 26.7 Å². The number of benzene rings is 2. The van der Waals surface area contributed by atoms with Crippen LogP contribution in [0.1, 0.15) is 43.2 Å². The van der Waals surface area contributed by atoms with Gasteiger partial charge in [-0.3, -0.25) is 4.79 Å². The molecule has 182 valence electrons. The number of carboxylic acid groups (broad SMARTS) is 1. The van der Waals surface area contributed by atoms with E-state index in [1.54, 1.807) is 14.0 Å². The van der Waals surface area contributed by atoms with Crippen LogP contribution in [-0.2, 0) is 19.1 Å². The van der Waals surface area contributed by atoms with Crippen molar-refractivity contribution in [1.29, 1.82) is 0 Å². The SMILES string of the molecule is CCC(C(=O)O)N(C)C(=O)C(CCCOC)NC(=O)OCC1c2ccccc2-c2ccccc21. The molecule has 1 aliphatic carbocycles. The van der Waals surface area contributed by atoms with Crippen LogP contribution in [0.3, 0.4) is 0 Å². The van der Waals surface area contributed by atoms with E-state index in [0.29, 0.717) is 19.4 Å². The molecule has 0 aromatic heterocycles. The summed E-state index contributed by atoms with van der Waals surface area (Å²) in [6.45, 7) is 2.23. The monoisotopic (exact) mass is 468 g/mol. The molecule has 2 amide bonds. The van der Waals surface area contributed by atoms with E-state index in [2.05, 4.69) is 17.4 Å². The molecule has 1 aliphatic rings. The number of alkyl carbamates (subject to hydrolysis) is 1. The smallest absolute Gasteiger partial charge is 0.407 e. The number of rotatable bonds is 11. The first-order valence-electron chi connectivity index (χ1n) is 11.5. The van der Waals surface area contributed by atoms with Gasteiger partial charge in [0.05, 0.1) is 0 Å². The maximum Gasteiger partial charge on any atom is 0.407 e. The molecule has 0 saturated carbocycles. The van der Waals surface area contributed by atoms with Gasteiger partial charge in [-0.15, -0.1) is 0 Å². The predicted octanol–water partition coefficient (Wildman–Crippen LogP) is 3.64. The van der Waals surface area contributed by atoms with Crippen LogP contribution < -0.4 is 5.32 Å². The van der Waals surface area contributed by atoms with Crippen molar-refractivity contribution in [3.63, 3.8) is 0 Å². The number of nitrogens with zero attached hydrogens (tertiary/aromatic N) is 1. The molecule has 0 saturated heterocycles. The summed E-state index contributed by atoms with van der Waals surface area (Å²) in [7, 11) is 2.99. The van der Waals surface area contributed by atoms with E-state index in [0.717, 1.165) is 22.3 Å². The van der Waals surface area contributed by atoms with E-state index < -0.39 is 30.1 Å². The van der Waals surface area contributed by atoms with E-state index in [9.17, 15) is 19.5 Å². The molecular formula is C26H32N2O6. The van der Waals surface area contributed by atoms with Gasteiger partial charge in [-0.05, 0) is 41.5 Å². The number of carbonyl (C=O) groups is 3. The van der Waals surface area contributed by atoms with E-state index >= 15 is 0 Å². The zero-order chi connectivity index (χ0) is 24.7. The molecule has 3 rings (SSSR count). The van der Waals surface area contributed by atoms with Gasteiger partial charge in [0.1, 0.15) is 18.7 Å². The van der Waals surface area contributed by atoms with Crippen molar-refractivity contribution in [2.45, 2.75) is 44.2 Å². The third kappa shape index (κ3) is 5.56. The summed E-state index contributed by atoms with van der Waals surface area (Å²) in [5, 5.41) is 12.1. The fourth-order valence-corrected chi connectivity index (χ4v) is 4.49. The lowest BCUT2D eigenvalue weighted by Gasteiger charge is -2.28. The number of methoxy groups -OCH3 is 1. The second kappa shape index (κ2) is 11.7. The summed E-state index contributed by atoms with van der Waals surface area (Å²) < 4.78 is 10.6. The fraction of sp³-hybridized carbons (Fsp3) is 0.423. The standard InChI is InChI=1S/C26H32N2O6/c1-4-23(25(30)31)28(2)24(29)22(14-9-15-33-3)27-26(32)34-16-21-19-12-7-5-10-17(19)18-11-6-8-13-20(18)21/h5-8,10-13,21-23H,4,9,14-16H2,1-3H3,(H,27,32)(H,30,31). The molecule has 2 atom stereocenters. The van der Waals surface area contributed by atoms with Crippen LogP contribution in [-0.4, -0.2) is 67.4 Å². The van der Waals surface area contributed by atoms with Gasteiger partial charge in [-0.2, -0.15) is 0 Å². The van der Waals surface area contributed by atoms with Crippen molar-refractivity contribution in [3.8, 4) is 11.1 Å². The van der Waals surface area contributed by atoms with Crippen LogP contribution in [0.4, 0.5) is 4.79 Å².